The minimum Gasteiger partial charge on any atom is -0.342 e. The molecule has 2 amide bonds. The van der Waals surface area contributed by atoms with Crippen LogP contribution in [-0.4, -0.2) is 54.0 Å². The van der Waals surface area contributed by atoms with E-state index >= 15 is 0 Å². The molecule has 0 atom stereocenters. The smallest absolute Gasteiger partial charge is 0.253 e. The number of nitrogens with zero attached hydrogens (tertiary/aromatic N) is 2. The highest BCUT2D eigenvalue weighted by atomic mass is 32.2. The first-order valence-corrected chi connectivity index (χ1v) is 8.01. The first-order chi connectivity index (χ1) is 9.78. The minimum absolute atomic E-state index is 0.0916. The van der Waals surface area contributed by atoms with E-state index in [1.54, 1.807) is 4.90 Å². The van der Waals surface area contributed by atoms with Crippen molar-refractivity contribution in [1.82, 2.24) is 9.80 Å². The summed E-state index contributed by atoms with van der Waals surface area (Å²) in [5.41, 5.74) is 2.09. The number of hydrogen-bond donors (Lipinski definition) is 0. The molecule has 0 aliphatic carbocycles. The monoisotopic (exact) mass is 290 g/mol. The van der Waals surface area contributed by atoms with Gasteiger partial charge in [0.25, 0.3) is 5.91 Å². The summed E-state index contributed by atoms with van der Waals surface area (Å²) >= 11 is 1.88. The van der Waals surface area contributed by atoms with Crippen molar-refractivity contribution in [3.8, 4) is 0 Å². The van der Waals surface area contributed by atoms with Gasteiger partial charge < -0.3 is 9.80 Å². The molecule has 106 valence electrons. The van der Waals surface area contributed by atoms with Gasteiger partial charge in [-0.15, -0.1) is 11.8 Å². The molecule has 0 unspecified atom stereocenters. The maximum Gasteiger partial charge on any atom is 0.253 e. The Morgan fingerprint density at radius 2 is 2.00 bits per heavy atom. The molecule has 1 saturated heterocycles. The molecule has 20 heavy (non-hydrogen) atoms. The third-order valence-electron chi connectivity index (χ3n) is 3.91. The van der Waals surface area contributed by atoms with E-state index < -0.39 is 0 Å². The molecule has 2 aliphatic heterocycles. The van der Waals surface area contributed by atoms with Gasteiger partial charge in [-0.25, -0.2) is 0 Å². The molecule has 1 aromatic carbocycles. The lowest BCUT2D eigenvalue weighted by Gasteiger charge is -2.32. The lowest BCUT2D eigenvalue weighted by Crippen LogP contribution is -2.48. The van der Waals surface area contributed by atoms with Crippen LogP contribution < -0.4 is 0 Å². The first kappa shape index (κ1) is 13.5. The molecular weight excluding hydrogens is 272 g/mol. The van der Waals surface area contributed by atoms with Crippen LogP contribution in [0.2, 0.25) is 0 Å². The average Bonchev–Trinajstić information content (AvgIpc) is 2.54. The molecule has 0 spiro atoms. The number of aryl methyl sites for hydroxylation is 1. The Balaban J connectivity index is 1.72. The fourth-order valence-corrected chi connectivity index (χ4v) is 3.73. The van der Waals surface area contributed by atoms with Crippen LogP contribution in [0.15, 0.2) is 23.1 Å². The third kappa shape index (κ3) is 2.68. The Bertz CT molecular complexity index is 525. The van der Waals surface area contributed by atoms with Crippen molar-refractivity contribution in [3.05, 3.63) is 29.3 Å². The summed E-state index contributed by atoms with van der Waals surface area (Å²) in [5, 5.41) is 0. The first-order valence-electron chi connectivity index (χ1n) is 7.02. The van der Waals surface area contributed by atoms with Crippen LogP contribution in [0, 0.1) is 0 Å². The largest absolute Gasteiger partial charge is 0.342 e. The van der Waals surface area contributed by atoms with Gasteiger partial charge in [-0.3, -0.25) is 9.59 Å². The lowest BCUT2D eigenvalue weighted by molar-refractivity contribution is -0.119. The summed E-state index contributed by atoms with van der Waals surface area (Å²) in [6.45, 7) is 2.53. The number of piperazine rings is 1. The van der Waals surface area contributed by atoms with Gasteiger partial charge in [-0.05, 0) is 42.4 Å². The molecule has 0 aromatic heterocycles. The second-order valence-corrected chi connectivity index (χ2v) is 6.34. The third-order valence-corrected chi connectivity index (χ3v) is 5.11. The van der Waals surface area contributed by atoms with Gasteiger partial charge >= 0.3 is 0 Å². The zero-order valence-electron chi connectivity index (χ0n) is 11.4. The van der Waals surface area contributed by atoms with Gasteiger partial charge in [0.2, 0.25) is 6.41 Å². The Morgan fingerprint density at radius 1 is 1.20 bits per heavy atom. The van der Waals surface area contributed by atoms with Crippen molar-refractivity contribution in [2.75, 3.05) is 31.9 Å². The number of rotatable bonds is 2. The quantitative estimate of drug-likeness (QED) is 0.778. The topological polar surface area (TPSA) is 40.6 Å². The molecule has 2 aliphatic rings. The molecule has 1 fully saturated rings. The highest BCUT2D eigenvalue weighted by Gasteiger charge is 2.22. The fraction of sp³-hybridized carbons (Fsp3) is 0.467. The standard InChI is InChI=1S/C15H18N2O2S/c18-11-16-5-7-17(8-6-16)15(19)13-3-4-14-12(10-13)2-1-9-20-14/h3-4,10-11H,1-2,5-9H2. The van der Waals surface area contributed by atoms with Crippen molar-refractivity contribution in [2.24, 2.45) is 0 Å². The van der Waals surface area contributed by atoms with E-state index in [1.807, 2.05) is 22.7 Å². The molecule has 0 N–H and O–H groups in total. The van der Waals surface area contributed by atoms with Crippen molar-refractivity contribution < 1.29 is 9.59 Å². The number of amides is 2. The molecular formula is C15H18N2O2S. The summed E-state index contributed by atoms with van der Waals surface area (Å²) in [5.74, 6) is 1.27. The number of benzene rings is 1. The Morgan fingerprint density at radius 3 is 2.75 bits per heavy atom. The van der Waals surface area contributed by atoms with Crippen LogP contribution in [-0.2, 0) is 11.2 Å². The zero-order valence-corrected chi connectivity index (χ0v) is 12.2. The second kappa shape index (κ2) is 5.87. The van der Waals surface area contributed by atoms with E-state index in [0.717, 1.165) is 18.4 Å². The second-order valence-electron chi connectivity index (χ2n) is 5.21. The average molecular weight is 290 g/mol. The van der Waals surface area contributed by atoms with E-state index in [4.69, 9.17) is 0 Å². The zero-order chi connectivity index (χ0) is 13.9. The van der Waals surface area contributed by atoms with Crippen LogP contribution >= 0.6 is 11.8 Å². The maximum atomic E-state index is 12.5. The number of carbonyl (C=O) groups excluding carboxylic acids is 2. The molecule has 2 heterocycles. The summed E-state index contributed by atoms with van der Waals surface area (Å²) in [6.07, 6.45) is 3.12. The van der Waals surface area contributed by atoms with Crippen molar-refractivity contribution >= 4 is 24.1 Å². The van der Waals surface area contributed by atoms with Gasteiger partial charge in [0.1, 0.15) is 0 Å². The van der Waals surface area contributed by atoms with Gasteiger partial charge in [-0.2, -0.15) is 0 Å². The number of fused-ring (bicyclic) bond motifs is 1. The van der Waals surface area contributed by atoms with Crippen LogP contribution in [0.3, 0.4) is 0 Å². The van der Waals surface area contributed by atoms with Crippen LogP contribution in [0.25, 0.3) is 0 Å². The summed E-state index contributed by atoms with van der Waals surface area (Å²) in [4.78, 5) is 28.1. The molecule has 0 saturated carbocycles. The fourth-order valence-electron chi connectivity index (χ4n) is 2.71. The van der Waals surface area contributed by atoms with Crippen LogP contribution in [0.1, 0.15) is 22.3 Å². The summed E-state index contributed by atoms with van der Waals surface area (Å²) in [7, 11) is 0. The van der Waals surface area contributed by atoms with E-state index in [2.05, 4.69) is 12.1 Å². The molecule has 4 nitrogen and oxygen atoms in total. The Hall–Kier alpha value is -1.49. The van der Waals surface area contributed by atoms with E-state index in [1.165, 1.54) is 22.6 Å². The van der Waals surface area contributed by atoms with Crippen molar-refractivity contribution in [1.29, 1.82) is 0 Å². The van der Waals surface area contributed by atoms with E-state index in [0.29, 0.717) is 26.2 Å². The van der Waals surface area contributed by atoms with Gasteiger partial charge in [-0.1, -0.05) is 0 Å². The molecule has 5 heteroatoms. The normalized spacial score (nSPS) is 18.6. The number of thioether (sulfide) groups is 1. The van der Waals surface area contributed by atoms with Gasteiger partial charge in [0.05, 0.1) is 0 Å². The summed E-state index contributed by atoms with van der Waals surface area (Å²) < 4.78 is 0. The lowest BCUT2D eigenvalue weighted by atomic mass is 10.1. The predicted octanol–water partition coefficient (Wildman–Crippen LogP) is 1.64. The molecule has 1 aromatic rings. The maximum absolute atomic E-state index is 12.5. The predicted molar refractivity (Wildman–Crippen MR) is 79.0 cm³/mol. The SMILES string of the molecule is O=CN1CCN(C(=O)c2ccc3c(c2)CCCS3)CC1. The Kier molecular flexibility index (Phi) is 3.96. The highest BCUT2D eigenvalue weighted by Crippen LogP contribution is 2.30. The van der Waals surface area contributed by atoms with Crippen LogP contribution in [0.5, 0.6) is 0 Å². The Labute approximate surface area is 123 Å². The van der Waals surface area contributed by atoms with Crippen molar-refractivity contribution in [3.63, 3.8) is 0 Å². The summed E-state index contributed by atoms with van der Waals surface area (Å²) in [6, 6.07) is 6.07. The molecule has 0 bridgehead atoms. The number of carbonyl (C=O) groups is 2. The van der Waals surface area contributed by atoms with Gasteiger partial charge in [0, 0.05) is 36.6 Å². The van der Waals surface area contributed by atoms with Gasteiger partial charge in [0.15, 0.2) is 0 Å². The van der Waals surface area contributed by atoms with Crippen LogP contribution in [0.4, 0.5) is 0 Å². The van der Waals surface area contributed by atoms with E-state index in [9.17, 15) is 9.59 Å². The highest BCUT2D eigenvalue weighted by molar-refractivity contribution is 7.99. The number of hydrogen-bond acceptors (Lipinski definition) is 3. The molecule has 3 rings (SSSR count). The van der Waals surface area contributed by atoms with E-state index in [-0.39, 0.29) is 5.91 Å². The minimum atomic E-state index is 0.0916. The molecule has 0 radical (unpaired) electrons. The van der Waals surface area contributed by atoms with Crippen molar-refractivity contribution in [2.45, 2.75) is 17.7 Å².